The fraction of sp³-hybridized carbons (Fsp3) is 0.214. The Balaban J connectivity index is 2.04. The molecule has 0 saturated heterocycles. The van der Waals surface area contributed by atoms with Gasteiger partial charge in [0.1, 0.15) is 6.10 Å². The lowest BCUT2D eigenvalue weighted by Gasteiger charge is -2.12. The number of hydrogen-bond donors (Lipinski definition) is 1. The van der Waals surface area contributed by atoms with Gasteiger partial charge in [0, 0.05) is 7.05 Å². The zero-order valence-corrected chi connectivity index (χ0v) is 11.3. The maximum Gasteiger partial charge on any atom is 0.139 e. The Morgan fingerprint density at radius 2 is 1.90 bits per heavy atom. The molecule has 3 aromatic rings. The molecule has 1 atom stereocenters. The lowest BCUT2D eigenvalue weighted by Crippen LogP contribution is -2.11. The molecule has 2 aromatic heterocycles. The van der Waals surface area contributed by atoms with Crippen molar-refractivity contribution in [2.75, 3.05) is 0 Å². The second kappa shape index (κ2) is 4.90. The largest absolute Gasteiger partial charge is 0.380 e. The highest BCUT2D eigenvalue weighted by molar-refractivity contribution is 5.33. The minimum Gasteiger partial charge on any atom is -0.380 e. The number of aryl methyl sites for hydroxylation is 2. The SMILES string of the molecule is Cc1cc(C(O)c2cnnn2-c2ccccc2)n(C)n1. The van der Waals surface area contributed by atoms with Crippen molar-refractivity contribution in [3.05, 3.63) is 59.7 Å². The lowest BCUT2D eigenvalue weighted by atomic mass is 10.2. The number of hydrogen-bond acceptors (Lipinski definition) is 4. The predicted octanol–water partition coefficient (Wildman–Crippen LogP) is 1.39. The Bertz CT molecular complexity index is 716. The summed E-state index contributed by atoms with van der Waals surface area (Å²) in [5.41, 5.74) is 3.04. The second-order valence-corrected chi connectivity index (χ2v) is 4.64. The summed E-state index contributed by atoms with van der Waals surface area (Å²) < 4.78 is 3.30. The molecule has 0 aliphatic rings. The number of rotatable bonds is 3. The molecule has 6 nitrogen and oxygen atoms in total. The van der Waals surface area contributed by atoms with Crippen molar-refractivity contribution in [1.29, 1.82) is 0 Å². The third kappa shape index (κ3) is 2.10. The normalized spacial score (nSPS) is 12.6. The van der Waals surface area contributed by atoms with Gasteiger partial charge in [-0.25, -0.2) is 4.68 Å². The van der Waals surface area contributed by atoms with Crippen LogP contribution in [-0.4, -0.2) is 29.9 Å². The van der Waals surface area contributed by atoms with E-state index in [1.807, 2.05) is 50.4 Å². The maximum atomic E-state index is 10.6. The molecule has 0 spiro atoms. The van der Waals surface area contributed by atoms with E-state index in [1.165, 1.54) is 0 Å². The molecule has 0 aliphatic heterocycles. The van der Waals surface area contributed by atoms with Crippen LogP contribution < -0.4 is 0 Å². The van der Waals surface area contributed by atoms with E-state index in [-0.39, 0.29) is 0 Å². The van der Waals surface area contributed by atoms with Crippen molar-refractivity contribution in [3.63, 3.8) is 0 Å². The summed E-state index contributed by atoms with van der Waals surface area (Å²) in [5, 5.41) is 22.8. The molecule has 0 amide bonds. The Kier molecular flexibility index (Phi) is 3.08. The van der Waals surface area contributed by atoms with E-state index in [9.17, 15) is 5.11 Å². The van der Waals surface area contributed by atoms with Crippen LogP contribution in [0.3, 0.4) is 0 Å². The van der Waals surface area contributed by atoms with Gasteiger partial charge in [0.15, 0.2) is 0 Å². The van der Waals surface area contributed by atoms with Gasteiger partial charge in [0.05, 0.1) is 29.0 Å². The van der Waals surface area contributed by atoms with Crippen LogP contribution in [0.25, 0.3) is 5.69 Å². The molecule has 0 fully saturated rings. The molecular weight excluding hydrogens is 254 g/mol. The number of aromatic nitrogens is 5. The van der Waals surface area contributed by atoms with Crippen molar-refractivity contribution in [2.45, 2.75) is 13.0 Å². The van der Waals surface area contributed by atoms with Crippen LogP contribution in [-0.2, 0) is 7.05 Å². The topological polar surface area (TPSA) is 68.8 Å². The first kappa shape index (κ1) is 12.6. The highest BCUT2D eigenvalue weighted by Gasteiger charge is 2.20. The summed E-state index contributed by atoms with van der Waals surface area (Å²) in [5.74, 6) is 0. The maximum absolute atomic E-state index is 10.6. The summed E-state index contributed by atoms with van der Waals surface area (Å²) in [7, 11) is 1.81. The Morgan fingerprint density at radius 1 is 1.15 bits per heavy atom. The van der Waals surface area contributed by atoms with Gasteiger partial charge >= 0.3 is 0 Å². The van der Waals surface area contributed by atoms with E-state index >= 15 is 0 Å². The van der Waals surface area contributed by atoms with E-state index in [0.29, 0.717) is 11.4 Å². The number of para-hydroxylation sites is 1. The van der Waals surface area contributed by atoms with Crippen molar-refractivity contribution >= 4 is 0 Å². The highest BCUT2D eigenvalue weighted by atomic mass is 16.3. The van der Waals surface area contributed by atoms with E-state index < -0.39 is 6.10 Å². The van der Waals surface area contributed by atoms with Gasteiger partial charge in [-0.1, -0.05) is 23.4 Å². The van der Waals surface area contributed by atoms with Crippen molar-refractivity contribution in [2.24, 2.45) is 7.05 Å². The summed E-state index contributed by atoms with van der Waals surface area (Å²) in [4.78, 5) is 0. The van der Waals surface area contributed by atoms with Crippen LogP contribution in [0.2, 0.25) is 0 Å². The first-order valence-electron chi connectivity index (χ1n) is 6.31. The smallest absolute Gasteiger partial charge is 0.139 e. The number of aliphatic hydroxyl groups excluding tert-OH is 1. The summed E-state index contributed by atoms with van der Waals surface area (Å²) in [6.45, 7) is 1.89. The summed E-state index contributed by atoms with van der Waals surface area (Å²) in [6, 6.07) is 11.5. The van der Waals surface area contributed by atoms with Crippen LogP contribution in [0.1, 0.15) is 23.2 Å². The van der Waals surface area contributed by atoms with Crippen molar-refractivity contribution in [1.82, 2.24) is 24.8 Å². The van der Waals surface area contributed by atoms with Crippen LogP contribution in [0.5, 0.6) is 0 Å². The van der Waals surface area contributed by atoms with Gasteiger partial charge in [-0.05, 0) is 25.1 Å². The molecule has 0 bridgehead atoms. The molecule has 6 heteroatoms. The Hall–Kier alpha value is -2.47. The molecule has 1 aromatic carbocycles. The molecule has 102 valence electrons. The zero-order valence-electron chi connectivity index (χ0n) is 11.3. The van der Waals surface area contributed by atoms with Gasteiger partial charge in [-0.3, -0.25) is 4.68 Å². The second-order valence-electron chi connectivity index (χ2n) is 4.64. The average Bonchev–Trinajstić information content (AvgIpc) is 3.05. The quantitative estimate of drug-likeness (QED) is 0.780. The fourth-order valence-electron chi connectivity index (χ4n) is 2.24. The summed E-state index contributed by atoms with van der Waals surface area (Å²) >= 11 is 0. The molecule has 3 rings (SSSR count). The fourth-order valence-corrected chi connectivity index (χ4v) is 2.24. The molecule has 20 heavy (non-hydrogen) atoms. The molecule has 0 radical (unpaired) electrons. The third-order valence-corrected chi connectivity index (χ3v) is 3.17. The molecule has 0 aliphatic carbocycles. The Morgan fingerprint density at radius 3 is 2.55 bits per heavy atom. The van der Waals surface area contributed by atoms with Crippen LogP contribution in [0, 0.1) is 6.92 Å². The minimum atomic E-state index is -0.823. The van der Waals surface area contributed by atoms with Crippen molar-refractivity contribution < 1.29 is 5.11 Å². The number of nitrogens with zero attached hydrogens (tertiary/aromatic N) is 5. The molecule has 1 unspecified atom stereocenters. The van der Waals surface area contributed by atoms with Crippen LogP contribution in [0.4, 0.5) is 0 Å². The van der Waals surface area contributed by atoms with Gasteiger partial charge in [0.2, 0.25) is 0 Å². The average molecular weight is 269 g/mol. The zero-order chi connectivity index (χ0) is 14.1. The van der Waals surface area contributed by atoms with E-state index in [1.54, 1.807) is 15.6 Å². The number of benzene rings is 1. The Labute approximate surface area is 116 Å². The van der Waals surface area contributed by atoms with E-state index in [2.05, 4.69) is 15.4 Å². The predicted molar refractivity (Wildman–Crippen MR) is 73.4 cm³/mol. The molecule has 0 saturated carbocycles. The van der Waals surface area contributed by atoms with Crippen molar-refractivity contribution in [3.8, 4) is 5.69 Å². The van der Waals surface area contributed by atoms with Gasteiger partial charge < -0.3 is 5.11 Å². The molecule has 2 heterocycles. The highest BCUT2D eigenvalue weighted by Crippen LogP contribution is 2.23. The van der Waals surface area contributed by atoms with Gasteiger partial charge in [-0.15, -0.1) is 5.10 Å². The third-order valence-electron chi connectivity index (χ3n) is 3.17. The first-order valence-corrected chi connectivity index (χ1v) is 6.31. The van der Waals surface area contributed by atoms with Gasteiger partial charge in [-0.2, -0.15) is 5.10 Å². The first-order chi connectivity index (χ1) is 9.66. The lowest BCUT2D eigenvalue weighted by molar-refractivity contribution is 0.201. The molecule has 1 N–H and O–H groups in total. The molecular formula is C14H15N5O. The van der Waals surface area contributed by atoms with Gasteiger partial charge in [0.25, 0.3) is 0 Å². The monoisotopic (exact) mass is 269 g/mol. The standard InChI is InChI=1S/C14H15N5O/c1-10-8-12(18(2)16-10)14(20)13-9-15-17-19(13)11-6-4-3-5-7-11/h3-9,14,20H,1-2H3. The summed E-state index contributed by atoms with van der Waals surface area (Å²) in [6.07, 6.45) is 0.747. The number of aliphatic hydroxyl groups is 1. The van der Waals surface area contributed by atoms with Crippen LogP contribution in [0.15, 0.2) is 42.6 Å². The van der Waals surface area contributed by atoms with E-state index in [0.717, 1.165) is 11.4 Å². The van der Waals surface area contributed by atoms with E-state index in [4.69, 9.17) is 0 Å². The minimum absolute atomic E-state index is 0.610. The van der Waals surface area contributed by atoms with Crippen LogP contribution >= 0.6 is 0 Å².